The second-order valence-corrected chi connectivity index (χ2v) is 6.50. The van der Waals surface area contributed by atoms with Crippen LogP contribution >= 0.6 is 0 Å². The van der Waals surface area contributed by atoms with Gasteiger partial charge in [0.25, 0.3) is 0 Å². The molecule has 0 fully saturated rings. The highest BCUT2D eigenvalue weighted by Crippen LogP contribution is 2.37. The van der Waals surface area contributed by atoms with Gasteiger partial charge in [-0.3, -0.25) is 4.90 Å². The molecular weight excluding hydrogens is 256 g/mol. The van der Waals surface area contributed by atoms with Crippen molar-refractivity contribution in [1.29, 1.82) is 0 Å². The van der Waals surface area contributed by atoms with Crippen molar-refractivity contribution in [1.82, 2.24) is 4.90 Å². The van der Waals surface area contributed by atoms with E-state index in [0.717, 1.165) is 32.5 Å². The Labute approximate surface area is 126 Å². The van der Waals surface area contributed by atoms with Crippen LogP contribution in [0.4, 0.5) is 0 Å². The molecule has 0 saturated heterocycles. The van der Waals surface area contributed by atoms with Crippen LogP contribution in [0.2, 0.25) is 0 Å². The number of hydrogen-bond acceptors (Lipinski definition) is 2. The highest BCUT2D eigenvalue weighted by Gasteiger charge is 2.40. The Kier molecular flexibility index (Phi) is 3.09. The van der Waals surface area contributed by atoms with Gasteiger partial charge in [0.1, 0.15) is 0 Å². The fraction of sp³-hybridized carbons (Fsp3) is 0.368. The lowest BCUT2D eigenvalue weighted by Crippen LogP contribution is -2.55. The quantitative estimate of drug-likeness (QED) is 0.915. The summed E-state index contributed by atoms with van der Waals surface area (Å²) in [6, 6.07) is 17.7. The van der Waals surface area contributed by atoms with Gasteiger partial charge in [-0.2, -0.15) is 0 Å². The molecule has 2 aromatic carbocycles. The molecule has 21 heavy (non-hydrogen) atoms. The summed E-state index contributed by atoms with van der Waals surface area (Å²) in [5.74, 6) is 0. The van der Waals surface area contributed by atoms with Gasteiger partial charge in [0.15, 0.2) is 0 Å². The lowest BCUT2D eigenvalue weighted by molar-refractivity contribution is 0.0763. The molecule has 4 rings (SSSR count). The highest BCUT2D eigenvalue weighted by molar-refractivity contribution is 5.35. The largest absolute Gasteiger partial charge is 0.329 e. The van der Waals surface area contributed by atoms with Gasteiger partial charge in [-0.15, -0.1) is 0 Å². The fourth-order valence-corrected chi connectivity index (χ4v) is 4.03. The van der Waals surface area contributed by atoms with Crippen molar-refractivity contribution in [2.75, 3.05) is 6.54 Å². The van der Waals surface area contributed by atoms with E-state index in [4.69, 9.17) is 5.73 Å². The van der Waals surface area contributed by atoms with E-state index >= 15 is 0 Å². The Morgan fingerprint density at radius 1 is 0.857 bits per heavy atom. The van der Waals surface area contributed by atoms with Crippen molar-refractivity contribution in [3.63, 3.8) is 0 Å². The van der Waals surface area contributed by atoms with Crippen LogP contribution in [0.25, 0.3) is 0 Å². The first kappa shape index (κ1) is 13.1. The van der Waals surface area contributed by atoms with E-state index in [2.05, 4.69) is 53.4 Å². The van der Waals surface area contributed by atoms with Gasteiger partial charge in [0.2, 0.25) is 0 Å². The minimum atomic E-state index is 0.132. The van der Waals surface area contributed by atoms with Crippen LogP contribution in [0.1, 0.15) is 28.7 Å². The molecule has 0 spiro atoms. The highest BCUT2D eigenvalue weighted by atomic mass is 15.2. The van der Waals surface area contributed by atoms with Crippen LogP contribution in [-0.4, -0.2) is 17.0 Å². The van der Waals surface area contributed by atoms with Crippen LogP contribution in [0.15, 0.2) is 48.5 Å². The SMILES string of the molecule is NCC1(N2Cc3ccccc3C2)CCc2ccccc2C1. The minimum absolute atomic E-state index is 0.132. The zero-order chi connectivity index (χ0) is 14.3. The molecular formula is C19H22N2. The first-order chi connectivity index (χ1) is 10.3. The average molecular weight is 278 g/mol. The van der Waals surface area contributed by atoms with E-state index in [1.54, 1.807) is 0 Å². The van der Waals surface area contributed by atoms with E-state index < -0.39 is 0 Å². The second-order valence-electron chi connectivity index (χ2n) is 6.50. The van der Waals surface area contributed by atoms with Crippen LogP contribution < -0.4 is 5.73 Å². The molecule has 2 nitrogen and oxygen atoms in total. The number of fused-ring (bicyclic) bond motifs is 2. The number of rotatable bonds is 2. The van der Waals surface area contributed by atoms with Crippen molar-refractivity contribution in [3.8, 4) is 0 Å². The molecule has 1 unspecified atom stereocenters. The summed E-state index contributed by atoms with van der Waals surface area (Å²) >= 11 is 0. The maximum atomic E-state index is 6.27. The molecule has 108 valence electrons. The summed E-state index contributed by atoms with van der Waals surface area (Å²) in [6.07, 6.45) is 3.42. The van der Waals surface area contributed by atoms with E-state index in [-0.39, 0.29) is 5.54 Å². The molecule has 0 amide bonds. The summed E-state index contributed by atoms with van der Waals surface area (Å²) in [6.45, 7) is 2.85. The van der Waals surface area contributed by atoms with Crippen LogP contribution in [0.3, 0.4) is 0 Å². The Morgan fingerprint density at radius 2 is 1.43 bits per heavy atom. The van der Waals surface area contributed by atoms with Gasteiger partial charge >= 0.3 is 0 Å². The lowest BCUT2D eigenvalue weighted by Gasteiger charge is -2.44. The third-order valence-corrected chi connectivity index (χ3v) is 5.39. The summed E-state index contributed by atoms with van der Waals surface area (Å²) in [5, 5.41) is 0. The zero-order valence-corrected chi connectivity index (χ0v) is 12.4. The number of aryl methyl sites for hydroxylation is 1. The number of hydrogen-bond donors (Lipinski definition) is 1. The van der Waals surface area contributed by atoms with Gasteiger partial charge in [0.05, 0.1) is 0 Å². The van der Waals surface area contributed by atoms with E-state index in [9.17, 15) is 0 Å². The molecule has 0 saturated carbocycles. The standard InChI is InChI=1S/C19H22N2/c20-14-19(10-9-15-5-1-2-6-16(15)11-19)21-12-17-7-3-4-8-18(17)13-21/h1-8H,9-14,20H2. The van der Waals surface area contributed by atoms with Crippen molar-refractivity contribution < 1.29 is 0 Å². The van der Waals surface area contributed by atoms with E-state index in [0.29, 0.717) is 0 Å². The monoisotopic (exact) mass is 278 g/mol. The molecule has 1 atom stereocenters. The average Bonchev–Trinajstić information content (AvgIpc) is 2.99. The normalized spacial score (nSPS) is 24.6. The molecule has 0 radical (unpaired) electrons. The molecule has 0 bridgehead atoms. The Morgan fingerprint density at radius 3 is 2.05 bits per heavy atom. The maximum Gasteiger partial charge on any atom is 0.0382 e. The maximum absolute atomic E-state index is 6.27. The molecule has 2 heteroatoms. The Balaban J connectivity index is 1.65. The molecule has 1 aliphatic heterocycles. The smallest absolute Gasteiger partial charge is 0.0382 e. The number of nitrogens with zero attached hydrogens (tertiary/aromatic N) is 1. The fourth-order valence-electron chi connectivity index (χ4n) is 4.03. The first-order valence-corrected chi connectivity index (χ1v) is 7.89. The van der Waals surface area contributed by atoms with Crippen molar-refractivity contribution in [3.05, 3.63) is 70.8 Å². The molecule has 2 N–H and O–H groups in total. The van der Waals surface area contributed by atoms with Crippen LogP contribution in [-0.2, 0) is 25.9 Å². The molecule has 2 aliphatic rings. The number of benzene rings is 2. The minimum Gasteiger partial charge on any atom is -0.329 e. The summed E-state index contributed by atoms with van der Waals surface area (Å²) in [4.78, 5) is 2.62. The first-order valence-electron chi connectivity index (χ1n) is 7.89. The van der Waals surface area contributed by atoms with E-state index in [1.165, 1.54) is 28.7 Å². The summed E-state index contributed by atoms with van der Waals surface area (Å²) in [7, 11) is 0. The predicted octanol–water partition coefficient (Wildman–Crippen LogP) is 2.89. The van der Waals surface area contributed by atoms with Gasteiger partial charge in [0, 0.05) is 25.2 Å². The Hall–Kier alpha value is -1.64. The molecule has 1 aliphatic carbocycles. The number of nitrogens with two attached hydrogens (primary N) is 1. The molecule has 2 aromatic rings. The predicted molar refractivity (Wildman–Crippen MR) is 85.9 cm³/mol. The molecule has 0 aromatic heterocycles. The van der Waals surface area contributed by atoms with Gasteiger partial charge < -0.3 is 5.73 Å². The summed E-state index contributed by atoms with van der Waals surface area (Å²) < 4.78 is 0. The van der Waals surface area contributed by atoms with Crippen LogP contribution in [0.5, 0.6) is 0 Å². The third kappa shape index (κ3) is 2.10. The molecule has 1 heterocycles. The van der Waals surface area contributed by atoms with Gasteiger partial charge in [-0.05, 0) is 41.5 Å². The summed E-state index contributed by atoms with van der Waals surface area (Å²) in [5.41, 5.74) is 12.4. The van der Waals surface area contributed by atoms with Gasteiger partial charge in [-0.25, -0.2) is 0 Å². The van der Waals surface area contributed by atoms with Crippen molar-refractivity contribution in [2.24, 2.45) is 5.73 Å². The van der Waals surface area contributed by atoms with E-state index in [1.807, 2.05) is 0 Å². The van der Waals surface area contributed by atoms with Crippen LogP contribution in [0, 0.1) is 0 Å². The topological polar surface area (TPSA) is 29.3 Å². The van der Waals surface area contributed by atoms with Gasteiger partial charge in [-0.1, -0.05) is 48.5 Å². The lowest BCUT2D eigenvalue weighted by atomic mass is 9.77. The Bertz CT molecular complexity index is 639. The third-order valence-electron chi connectivity index (χ3n) is 5.39. The van der Waals surface area contributed by atoms with Crippen molar-refractivity contribution >= 4 is 0 Å². The van der Waals surface area contributed by atoms with Crippen molar-refractivity contribution in [2.45, 2.75) is 37.9 Å². The zero-order valence-electron chi connectivity index (χ0n) is 12.4. The second kappa shape index (κ2) is 4.97.